The Balaban J connectivity index is 2.70. The van der Waals surface area contributed by atoms with Gasteiger partial charge in [-0.25, -0.2) is 4.98 Å². The molecule has 0 aliphatic rings. The number of aromatic nitrogens is 3. The predicted molar refractivity (Wildman–Crippen MR) is 80.1 cm³/mol. The molecule has 0 fully saturated rings. The molecule has 1 heterocycles. The quantitative estimate of drug-likeness (QED) is 0.708. The van der Waals surface area contributed by atoms with Crippen LogP contribution in [-0.4, -0.2) is 27.4 Å². The number of nitrogens with one attached hydrogen (secondary N) is 1. The molecular weight excluding hydrogens is 236 g/mol. The van der Waals surface area contributed by atoms with E-state index in [0.29, 0.717) is 6.04 Å². The first kappa shape index (κ1) is 16.2. The molecule has 1 unspecified atom stereocenters. The molecule has 1 N–H and O–H groups in total. The maximum atomic E-state index is 4.38. The van der Waals surface area contributed by atoms with Gasteiger partial charge < -0.3 is 5.32 Å². The van der Waals surface area contributed by atoms with Crippen LogP contribution in [0.1, 0.15) is 58.7 Å². The summed E-state index contributed by atoms with van der Waals surface area (Å²) in [6, 6.07) is 0.530. The van der Waals surface area contributed by atoms with Crippen molar-refractivity contribution in [3.63, 3.8) is 0 Å². The highest BCUT2D eigenvalue weighted by molar-refractivity contribution is 4.91. The lowest BCUT2D eigenvalue weighted by molar-refractivity contribution is 0.303. The van der Waals surface area contributed by atoms with Crippen molar-refractivity contribution in [3.05, 3.63) is 12.2 Å². The van der Waals surface area contributed by atoms with E-state index in [0.717, 1.165) is 24.7 Å². The van der Waals surface area contributed by atoms with Gasteiger partial charge in [0.15, 0.2) is 0 Å². The largest absolute Gasteiger partial charge is 0.313 e. The van der Waals surface area contributed by atoms with Crippen molar-refractivity contribution in [2.45, 2.75) is 65.3 Å². The highest BCUT2D eigenvalue weighted by atomic mass is 15.3. The Kier molecular flexibility index (Phi) is 7.72. The first-order valence-corrected chi connectivity index (χ1v) is 7.79. The Labute approximate surface area is 118 Å². The molecule has 1 rings (SSSR count). The summed E-state index contributed by atoms with van der Waals surface area (Å²) in [5.74, 6) is 1.84. The van der Waals surface area contributed by atoms with Crippen molar-refractivity contribution in [1.82, 2.24) is 20.1 Å². The number of hydrogen-bond acceptors (Lipinski definition) is 3. The maximum absolute atomic E-state index is 4.38. The minimum atomic E-state index is 0.530. The average molecular weight is 266 g/mol. The molecule has 0 aliphatic carbocycles. The standard InChI is InChI=1S/C15H30N4/c1-5-8-13(9-6-2)14(16-10-7-3)11-15-17-12-18-19(15)4/h12-14,16H,5-11H2,1-4H3. The van der Waals surface area contributed by atoms with E-state index in [-0.39, 0.29) is 0 Å². The monoisotopic (exact) mass is 266 g/mol. The smallest absolute Gasteiger partial charge is 0.138 e. The first-order chi connectivity index (χ1) is 9.22. The summed E-state index contributed by atoms with van der Waals surface area (Å²) >= 11 is 0. The van der Waals surface area contributed by atoms with Gasteiger partial charge in [0.05, 0.1) is 0 Å². The van der Waals surface area contributed by atoms with Gasteiger partial charge in [-0.1, -0.05) is 33.6 Å². The fourth-order valence-corrected chi connectivity index (χ4v) is 2.73. The van der Waals surface area contributed by atoms with Crippen molar-refractivity contribution in [3.8, 4) is 0 Å². The molecule has 19 heavy (non-hydrogen) atoms. The molecule has 0 aliphatic heterocycles. The number of aryl methyl sites for hydroxylation is 1. The third-order valence-electron chi connectivity index (χ3n) is 3.75. The number of nitrogens with zero attached hydrogens (tertiary/aromatic N) is 3. The summed E-state index contributed by atoms with van der Waals surface area (Å²) < 4.78 is 1.90. The van der Waals surface area contributed by atoms with Gasteiger partial charge in [-0.3, -0.25) is 4.68 Å². The summed E-state index contributed by atoms with van der Waals surface area (Å²) in [6.45, 7) is 7.87. The van der Waals surface area contributed by atoms with Gasteiger partial charge in [-0.2, -0.15) is 5.10 Å². The second kappa shape index (κ2) is 9.08. The summed E-state index contributed by atoms with van der Waals surface area (Å²) in [5.41, 5.74) is 0. The molecule has 0 saturated heterocycles. The first-order valence-electron chi connectivity index (χ1n) is 7.79. The van der Waals surface area contributed by atoms with Crippen LogP contribution in [0.4, 0.5) is 0 Å². The highest BCUT2D eigenvalue weighted by Crippen LogP contribution is 2.20. The Hall–Kier alpha value is -0.900. The lowest BCUT2D eigenvalue weighted by Gasteiger charge is -2.27. The van der Waals surface area contributed by atoms with Gasteiger partial charge in [0, 0.05) is 19.5 Å². The number of hydrogen-bond donors (Lipinski definition) is 1. The van der Waals surface area contributed by atoms with Gasteiger partial charge in [0.2, 0.25) is 0 Å². The van der Waals surface area contributed by atoms with Crippen LogP contribution in [0.15, 0.2) is 6.33 Å². The van der Waals surface area contributed by atoms with Crippen molar-refractivity contribution in [1.29, 1.82) is 0 Å². The van der Waals surface area contributed by atoms with Crippen molar-refractivity contribution in [2.75, 3.05) is 6.54 Å². The molecule has 110 valence electrons. The fourth-order valence-electron chi connectivity index (χ4n) is 2.73. The molecule has 0 amide bonds. The van der Waals surface area contributed by atoms with E-state index in [2.05, 4.69) is 36.2 Å². The molecule has 1 atom stereocenters. The average Bonchev–Trinajstić information content (AvgIpc) is 2.80. The maximum Gasteiger partial charge on any atom is 0.138 e. The molecule has 0 radical (unpaired) electrons. The van der Waals surface area contributed by atoms with Crippen molar-refractivity contribution < 1.29 is 0 Å². The second-order valence-corrected chi connectivity index (χ2v) is 5.40. The third-order valence-corrected chi connectivity index (χ3v) is 3.75. The third kappa shape index (κ3) is 5.31. The zero-order chi connectivity index (χ0) is 14.1. The summed E-state index contributed by atoms with van der Waals surface area (Å²) in [4.78, 5) is 4.38. The highest BCUT2D eigenvalue weighted by Gasteiger charge is 2.21. The van der Waals surface area contributed by atoms with Crippen LogP contribution in [0.25, 0.3) is 0 Å². The Bertz CT molecular complexity index is 329. The van der Waals surface area contributed by atoms with E-state index < -0.39 is 0 Å². The van der Waals surface area contributed by atoms with Gasteiger partial charge in [-0.05, 0) is 31.7 Å². The zero-order valence-electron chi connectivity index (χ0n) is 13.0. The van der Waals surface area contributed by atoms with Gasteiger partial charge >= 0.3 is 0 Å². The molecule has 4 nitrogen and oxygen atoms in total. The predicted octanol–water partition coefficient (Wildman–Crippen LogP) is 2.94. The summed E-state index contributed by atoms with van der Waals surface area (Å²) in [7, 11) is 1.98. The molecule has 1 aromatic heterocycles. The minimum Gasteiger partial charge on any atom is -0.313 e. The lowest BCUT2D eigenvalue weighted by Crippen LogP contribution is -2.39. The van der Waals surface area contributed by atoms with E-state index >= 15 is 0 Å². The molecule has 0 aromatic carbocycles. The Morgan fingerprint density at radius 2 is 1.84 bits per heavy atom. The molecule has 0 saturated carbocycles. The topological polar surface area (TPSA) is 42.7 Å². The van der Waals surface area contributed by atoms with Crippen LogP contribution < -0.4 is 5.32 Å². The normalized spacial score (nSPS) is 13.1. The van der Waals surface area contributed by atoms with Crippen LogP contribution in [0, 0.1) is 5.92 Å². The number of rotatable bonds is 10. The van der Waals surface area contributed by atoms with Crippen molar-refractivity contribution >= 4 is 0 Å². The Morgan fingerprint density at radius 3 is 2.32 bits per heavy atom. The van der Waals surface area contributed by atoms with E-state index in [9.17, 15) is 0 Å². The van der Waals surface area contributed by atoms with E-state index in [1.165, 1.54) is 32.1 Å². The van der Waals surface area contributed by atoms with E-state index in [1.54, 1.807) is 6.33 Å². The minimum absolute atomic E-state index is 0.530. The molecule has 0 bridgehead atoms. The second-order valence-electron chi connectivity index (χ2n) is 5.40. The molecule has 0 spiro atoms. The zero-order valence-corrected chi connectivity index (χ0v) is 13.0. The fraction of sp³-hybridized carbons (Fsp3) is 0.867. The SMILES string of the molecule is CCCNC(Cc1ncnn1C)C(CCC)CCC. The van der Waals surface area contributed by atoms with Gasteiger partial charge in [0.25, 0.3) is 0 Å². The van der Waals surface area contributed by atoms with E-state index in [4.69, 9.17) is 0 Å². The van der Waals surface area contributed by atoms with Crippen LogP contribution in [0.2, 0.25) is 0 Å². The summed E-state index contributed by atoms with van der Waals surface area (Å²) in [6.07, 6.45) is 8.93. The summed E-state index contributed by atoms with van der Waals surface area (Å²) in [5, 5.41) is 7.90. The van der Waals surface area contributed by atoms with Crippen LogP contribution >= 0.6 is 0 Å². The molecular formula is C15H30N4. The van der Waals surface area contributed by atoms with Crippen LogP contribution in [0.3, 0.4) is 0 Å². The van der Waals surface area contributed by atoms with Crippen LogP contribution in [-0.2, 0) is 13.5 Å². The lowest BCUT2D eigenvalue weighted by atomic mass is 9.88. The van der Waals surface area contributed by atoms with Gasteiger partial charge in [-0.15, -0.1) is 0 Å². The molecule has 4 heteroatoms. The Morgan fingerprint density at radius 1 is 1.16 bits per heavy atom. The molecule has 1 aromatic rings. The van der Waals surface area contributed by atoms with Crippen LogP contribution in [0.5, 0.6) is 0 Å². The van der Waals surface area contributed by atoms with Crippen molar-refractivity contribution in [2.24, 2.45) is 13.0 Å². The van der Waals surface area contributed by atoms with E-state index in [1.807, 2.05) is 11.7 Å². The van der Waals surface area contributed by atoms with Gasteiger partial charge in [0.1, 0.15) is 12.2 Å².